The van der Waals surface area contributed by atoms with E-state index in [9.17, 15) is 9.90 Å². The molecule has 118 valence electrons. The number of carbonyl (C=O) groups is 1. The van der Waals surface area contributed by atoms with Gasteiger partial charge in [0, 0.05) is 24.7 Å². The summed E-state index contributed by atoms with van der Waals surface area (Å²) in [5, 5.41) is 12.7. The van der Waals surface area contributed by atoms with Crippen molar-refractivity contribution in [3.8, 4) is 5.75 Å². The number of pyridine rings is 1. The number of rotatable bonds is 5. The monoisotopic (exact) mass is 313 g/mol. The Morgan fingerprint density at radius 1 is 1.57 bits per heavy atom. The molecule has 1 unspecified atom stereocenters. The minimum Gasteiger partial charge on any atom is -0.495 e. The Labute approximate surface area is 131 Å². The summed E-state index contributed by atoms with van der Waals surface area (Å²) in [4.78, 5) is 15.8. The fraction of sp³-hybridized carbons (Fsp3) is 0.571. The topological polar surface area (TPSA) is 74.7 Å². The Morgan fingerprint density at radius 2 is 2.24 bits per heavy atom. The molecule has 1 aromatic heterocycles. The van der Waals surface area contributed by atoms with E-state index in [-0.39, 0.29) is 12.6 Å². The highest BCUT2D eigenvalue weighted by atomic mass is 32.1. The molecule has 0 bridgehead atoms. The second-order valence-electron chi connectivity index (χ2n) is 5.71. The SMILES string of the molecule is COc1cnccc1CC(O)CNC(=O)N(S)C(C)(C)C. The molecule has 0 aromatic carbocycles. The van der Waals surface area contributed by atoms with Gasteiger partial charge in [0.05, 0.1) is 19.4 Å². The van der Waals surface area contributed by atoms with Gasteiger partial charge in [-0.15, -0.1) is 0 Å². The van der Waals surface area contributed by atoms with Crippen molar-refractivity contribution >= 4 is 18.8 Å². The molecule has 6 nitrogen and oxygen atoms in total. The van der Waals surface area contributed by atoms with Crippen LogP contribution in [0.4, 0.5) is 4.79 Å². The Hall–Kier alpha value is -1.47. The van der Waals surface area contributed by atoms with Gasteiger partial charge in [-0.25, -0.2) is 4.79 Å². The van der Waals surface area contributed by atoms with Crippen LogP contribution in [0, 0.1) is 0 Å². The number of aromatic nitrogens is 1. The van der Waals surface area contributed by atoms with Crippen LogP contribution in [-0.4, -0.2) is 45.7 Å². The molecule has 2 N–H and O–H groups in total. The van der Waals surface area contributed by atoms with Gasteiger partial charge in [-0.3, -0.25) is 9.29 Å². The van der Waals surface area contributed by atoms with Crippen LogP contribution >= 0.6 is 12.8 Å². The Kier molecular flexibility index (Phi) is 6.29. The van der Waals surface area contributed by atoms with Crippen molar-refractivity contribution in [2.24, 2.45) is 0 Å². The standard InChI is InChI=1S/C14H23N3O3S/c1-14(2,3)17(21)13(19)16-8-11(18)7-10-5-6-15-9-12(10)20-4/h5-6,9,11,18,21H,7-8H2,1-4H3,(H,16,19). The molecule has 0 saturated carbocycles. The molecular formula is C14H23N3O3S. The normalized spacial score (nSPS) is 12.7. The third kappa shape index (κ3) is 5.43. The molecular weight excluding hydrogens is 290 g/mol. The van der Waals surface area contributed by atoms with E-state index in [2.05, 4.69) is 23.1 Å². The van der Waals surface area contributed by atoms with Crippen molar-refractivity contribution in [1.29, 1.82) is 0 Å². The number of thiol groups is 1. The summed E-state index contributed by atoms with van der Waals surface area (Å²) < 4.78 is 6.47. The molecule has 1 atom stereocenters. The second kappa shape index (κ2) is 7.51. The van der Waals surface area contributed by atoms with E-state index in [0.717, 1.165) is 5.56 Å². The predicted octanol–water partition coefficient (Wildman–Crippen LogP) is 1.65. The van der Waals surface area contributed by atoms with Gasteiger partial charge in [0.1, 0.15) is 5.75 Å². The Balaban J connectivity index is 2.51. The molecule has 2 amide bonds. The molecule has 0 spiro atoms. The summed E-state index contributed by atoms with van der Waals surface area (Å²) in [5.74, 6) is 0.619. The number of ether oxygens (including phenoxy) is 1. The molecule has 0 radical (unpaired) electrons. The number of aliphatic hydroxyl groups is 1. The minimum absolute atomic E-state index is 0.136. The smallest absolute Gasteiger partial charge is 0.327 e. The third-order valence-corrected chi connectivity index (χ3v) is 3.64. The van der Waals surface area contributed by atoms with E-state index in [4.69, 9.17) is 4.74 Å². The van der Waals surface area contributed by atoms with Gasteiger partial charge in [-0.1, -0.05) is 12.8 Å². The van der Waals surface area contributed by atoms with Crippen molar-refractivity contribution in [3.63, 3.8) is 0 Å². The summed E-state index contributed by atoms with van der Waals surface area (Å²) >= 11 is 4.15. The van der Waals surface area contributed by atoms with Gasteiger partial charge in [0.15, 0.2) is 0 Å². The number of aliphatic hydroxyl groups excluding tert-OH is 1. The van der Waals surface area contributed by atoms with Crippen LogP contribution in [0.25, 0.3) is 0 Å². The maximum atomic E-state index is 11.9. The van der Waals surface area contributed by atoms with Gasteiger partial charge in [0.25, 0.3) is 0 Å². The fourth-order valence-electron chi connectivity index (χ4n) is 1.67. The summed E-state index contributed by atoms with van der Waals surface area (Å²) in [6.07, 6.45) is 2.88. The summed E-state index contributed by atoms with van der Waals surface area (Å²) in [5.41, 5.74) is 0.444. The van der Waals surface area contributed by atoms with Crippen LogP contribution in [0.2, 0.25) is 0 Å². The average molecular weight is 313 g/mol. The lowest BCUT2D eigenvalue weighted by molar-refractivity contribution is 0.161. The number of carbonyl (C=O) groups excluding carboxylic acids is 1. The third-order valence-electron chi connectivity index (χ3n) is 2.86. The molecule has 1 rings (SSSR count). The zero-order valence-corrected chi connectivity index (χ0v) is 13.7. The molecule has 0 aliphatic rings. The number of hydrogen-bond acceptors (Lipinski definition) is 5. The highest BCUT2D eigenvalue weighted by Gasteiger charge is 2.23. The van der Waals surface area contributed by atoms with E-state index in [0.29, 0.717) is 12.2 Å². The van der Waals surface area contributed by atoms with Crippen molar-refractivity contribution < 1.29 is 14.6 Å². The molecule has 0 fully saturated rings. The van der Waals surface area contributed by atoms with Crippen molar-refractivity contribution in [2.45, 2.75) is 38.8 Å². The van der Waals surface area contributed by atoms with Crippen LogP contribution in [-0.2, 0) is 6.42 Å². The van der Waals surface area contributed by atoms with Crippen LogP contribution in [0.1, 0.15) is 26.3 Å². The Bertz CT molecular complexity index is 477. The molecule has 1 heterocycles. The quantitative estimate of drug-likeness (QED) is 0.723. The van der Waals surface area contributed by atoms with Crippen LogP contribution < -0.4 is 10.1 Å². The second-order valence-corrected chi connectivity index (χ2v) is 6.11. The lowest BCUT2D eigenvalue weighted by Crippen LogP contribution is -2.46. The van der Waals surface area contributed by atoms with Crippen molar-refractivity contribution in [3.05, 3.63) is 24.0 Å². The first kappa shape index (κ1) is 17.6. The number of nitrogens with one attached hydrogen (secondary N) is 1. The first-order chi connectivity index (χ1) is 9.75. The average Bonchev–Trinajstić information content (AvgIpc) is 2.43. The number of amides is 2. The minimum atomic E-state index is -0.716. The summed E-state index contributed by atoms with van der Waals surface area (Å²) in [6.45, 7) is 5.75. The van der Waals surface area contributed by atoms with Gasteiger partial charge < -0.3 is 15.2 Å². The zero-order chi connectivity index (χ0) is 16.0. The van der Waals surface area contributed by atoms with Crippen LogP contribution in [0.15, 0.2) is 18.5 Å². The van der Waals surface area contributed by atoms with Gasteiger partial charge in [0.2, 0.25) is 0 Å². The number of methoxy groups -OCH3 is 1. The molecule has 0 aliphatic heterocycles. The number of urea groups is 1. The molecule has 0 saturated heterocycles. The molecule has 7 heteroatoms. The lowest BCUT2D eigenvalue weighted by atomic mass is 10.1. The first-order valence-electron chi connectivity index (χ1n) is 6.67. The predicted molar refractivity (Wildman–Crippen MR) is 84.5 cm³/mol. The van der Waals surface area contributed by atoms with E-state index < -0.39 is 11.6 Å². The highest BCUT2D eigenvalue weighted by molar-refractivity contribution is 7.78. The van der Waals surface area contributed by atoms with E-state index >= 15 is 0 Å². The summed E-state index contributed by atoms with van der Waals surface area (Å²) in [6, 6.07) is 1.44. The van der Waals surface area contributed by atoms with Gasteiger partial charge in [-0.2, -0.15) is 0 Å². The number of hydrogen-bond donors (Lipinski definition) is 3. The largest absolute Gasteiger partial charge is 0.495 e. The highest BCUT2D eigenvalue weighted by Crippen LogP contribution is 2.18. The van der Waals surface area contributed by atoms with Gasteiger partial charge in [-0.05, 0) is 32.4 Å². The summed E-state index contributed by atoms with van der Waals surface area (Å²) in [7, 11) is 1.55. The first-order valence-corrected chi connectivity index (χ1v) is 7.07. The van der Waals surface area contributed by atoms with E-state index in [1.807, 2.05) is 20.8 Å². The van der Waals surface area contributed by atoms with Crippen molar-refractivity contribution in [1.82, 2.24) is 14.6 Å². The maximum Gasteiger partial charge on any atom is 0.327 e. The fourth-order valence-corrected chi connectivity index (χ4v) is 1.74. The Morgan fingerprint density at radius 3 is 2.81 bits per heavy atom. The maximum absolute atomic E-state index is 11.9. The molecule has 1 aromatic rings. The lowest BCUT2D eigenvalue weighted by Gasteiger charge is -2.30. The molecule has 21 heavy (non-hydrogen) atoms. The van der Waals surface area contributed by atoms with Crippen molar-refractivity contribution in [2.75, 3.05) is 13.7 Å². The zero-order valence-electron chi connectivity index (χ0n) is 12.8. The van der Waals surface area contributed by atoms with E-state index in [1.54, 1.807) is 25.6 Å². The van der Waals surface area contributed by atoms with Gasteiger partial charge >= 0.3 is 6.03 Å². The van der Waals surface area contributed by atoms with Crippen LogP contribution in [0.5, 0.6) is 5.75 Å². The number of nitrogens with zero attached hydrogens (tertiary/aromatic N) is 2. The van der Waals surface area contributed by atoms with Crippen LogP contribution in [0.3, 0.4) is 0 Å². The molecule has 0 aliphatic carbocycles. The van der Waals surface area contributed by atoms with E-state index in [1.165, 1.54) is 4.31 Å².